The Bertz CT molecular complexity index is 431. The minimum absolute atomic E-state index is 0.150. The molecule has 2 rings (SSSR count). The van der Waals surface area contributed by atoms with Crippen molar-refractivity contribution in [2.24, 2.45) is 0 Å². The molecule has 0 saturated carbocycles. The van der Waals surface area contributed by atoms with E-state index in [1.807, 2.05) is 11.1 Å². The molecule has 0 aliphatic carbocycles. The zero-order valence-corrected chi connectivity index (χ0v) is 12.2. The summed E-state index contributed by atoms with van der Waals surface area (Å²) >= 11 is 6.19. The summed E-state index contributed by atoms with van der Waals surface area (Å²) in [4.78, 5) is 27.3. The van der Waals surface area contributed by atoms with Crippen molar-refractivity contribution < 1.29 is 14.3 Å². The maximum Gasteiger partial charge on any atom is 0.409 e. The van der Waals surface area contributed by atoms with Gasteiger partial charge in [-0.1, -0.05) is 24.0 Å². The van der Waals surface area contributed by atoms with E-state index in [0.717, 1.165) is 0 Å². The van der Waals surface area contributed by atoms with E-state index >= 15 is 0 Å². The number of carbonyl (C=O) groups is 2. The molecule has 2 amide bonds. The standard InChI is InChI=1S/C11H15N3O3S2/c1-2-17-11(16)14-5-3-13(4-6-14)7-8-9(15)12-10(18)19-8/h7H,2-6H2,1H3,(H,12,15,18)/b8-7-. The largest absolute Gasteiger partial charge is 0.450 e. The van der Waals surface area contributed by atoms with Crippen LogP contribution in [0, 0.1) is 0 Å². The molecule has 6 nitrogen and oxygen atoms in total. The second kappa shape index (κ2) is 6.25. The highest BCUT2D eigenvalue weighted by molar-refractivity contribution is 8.26. The molecule has 1 N–H and O–H groups in total. The van der Waals surface area contributed by atoms with Crippen molar-refractivity contribution in [1.82, 2.24) is 15.1 Å². The molecular formula is C11H15N3O3S2. The van der Waals surface area contributed by atoms with Crippen LogP contribution in [0.5, 0.6) is 0 Å². The van der Waals surface area contributed by atoms with Crippen LogP contribution in [0.1, 0.15) is 6.92 Å². The third-order valence-electron chi connectivity index (χ3n) is 2.78. The Balaban J connectivity index is 1.87. The van der Waals surface area contributed by atoms with E-state index < -0.39 is 0 Å². The number of carbonyl (C=O) groups excluding carboxylic acids is 2. The molecule has 0 spiro atoms. The molecular weight excluding hydrogens is 286 g/mol. The minimum atomic E-state index is -0.274. The summed E-state index contributed by atoms with van der Waals surface area (Å²) in [6.45, 7) is 4.74. The molecule has 2 saturated heterocycles. The maximum absolute atomic E-state index is 11.5. The molecule has 0 aromatic rings. The van der Waals surface area contributed by atoms with Gasteiger partial charge in [0.1, 0.15) is 4.32 Å². The third kappa shape index (κ3) is 3.60. The van der Waals surface area contributed by atoms with Gasteiger partial charge in [0.2, 0.25) is 0 Å². The average Bonchev–Trinajstić information content (AvgIpc) is 2.69. The van der Waals surface area contributed by atoms with Gasteiger partial charge in [0.15, 0.2) is 0 Å². The lowest BCUT2D eigenvalue weighted by Crippen LogP contribution is -2.47. The number of hydrogen-bond acceptors (Lipinski definition) is 6. The molecule has 8 heteroatoms. The van der Waals surface area contributed by atoms with Crippen molar-refractivity contribution in [2.75, 3.05) is 32.8 Å². The van der Waals surface area contributed by atoms with Crippen LogP contribution in [-0.2, 0) is 9.53 Å². The Morgan fingerprint density at radius 3 is 2.68 bits per heavy atom. The van der Waals surface area contributed by atoms with E-state index in [2.05, 4.69) is 5.32 Å². The Morgan fingerprint density at radius 1 is 1.47 bits per heavy atom. The van der Waals surface area contributed by atoms with Gasteiger partial charge < -0.3 is 19.9 Å². The second-order valence-electron chi connectivity index (χ2n) is 4.06. The van der Waals surface area contributed by atoms with Crippen LogP contribution in [0.3, 0.4) is 0 Å². The Morgan fingerprint density at radius 2 is 2.16 bits per heavy atom. The monoisotopic (exact) mass is 301 g/mol. The minimum Gasteiger partial charge on any atom is -0.450 e. The van der Waals surface area contributed by atoms with Crippen molar-refractivity contribution >= 4 is 40.3 Å². The van der Waals surface area contributed by atoms with Crippen molar-refractivity contribution in [1.29, 1.82) is 0 Å². The number of nitrogens with zero attached hydrogens (tertiary/aromatic N) is 2. The smallest absolute Gasteiger partial charge is 0.409 e. The molecule has 2 fully saturated rings. The lowest BCUT2D eigenvalue weighted by Gasteiger charge is -2.33. The zero-order chi connectivity index (χ0) is 13.8. The van der Waals surface area contributed by atoms with Crippen LogP contribution >= 0.6 is 24.0 Å². The SMILES string of the molecule is CCOC(=O)N1CCN(/C=C2\SC(=S)NC2=O)CC1. The summed E-state index contributed by atoms with van der Waals surface area (Å²) in [5.74, 6) is -0.150. The quantitative estimate of drug-likeness (QED) is 0.600. The fourth-order valence-electron chi connectivity index (χ4n) is 1.83. The summed E-state index contributed by atoms with van der Waals surface area (Å²) in [7, 11) is 0. The van der Waals surface area contributed by atoms with Gasteiger partial charge in [-0.3, -0.25) is 4.79 Å². The van der Waals surface area contributed by atoms with Gasteiger partial charge in [0, 0.05) is 32.4 Å². The molecule has 0 unspecified atom stereocenters. The Hall–Kier alpha value is -1.28. The first kappa shape index (κ1) is 14.1. The average molecular weight is 301 g/mol. The highest BCUT2D eigenvalue weighted by Crippen LogP contribution is 2.24. The number of thioether (sulfide) groups is 1. The molecule has 0 atom stereocenters. The van der Waals surface area contributed by atoms with Crippen molar-refractivity contribution in [3.63, 3.8) is 0 Å². The van der Waals surface area contributed by atoms with E-state index in [1.165, 1.54) is 11.8 Å². The molecule has 0 radical (unpaired) electrons. The Labute approximate surface area is 121 Å². The second-order valence-corrected chi connectivity index (χ2v) is 5.78. The predicted molar refractivity (Wildman–Crippen MR) is 76.6 cm³/mol. The van der Waals surface area contributed by atoms with Gasteiger partial charge in [0.25, 0.3) is 5.91 Å². The fourth-order valence-corrected chi connectivity index (χ4v) is 2.88. The van der Waals surface area contributed by atoms with Crippen LogP contribution in [0.4, 0.5) is 4.79 Å². The van der Waals surface area contributed by atoms with Crippen LogP contribution in [0.15, 0.2) is 11.1 Å². The number of nitrogens with one attached hydrogen (secondary N) is 1. The van der Waals surface area contributed by atoms with E-state index in [0.29, 0.717) is 42.0 Å². The summed E-state index contributed by atoms with van der Waals surface area (Å²) in [5.41, 5.74) is 0. The molecule has 0 aromatic heterocycles. The third-order valence-corrected chi connectivity index (χ3v) is 3.93. The topological polar surface area (TPSA) is 61.9 Å². The van der Waals surface area contributed by atoms with Crippen LogP contribution in [0.25, 0.3) is 0 Å². The van der Waals surface area contributed by atoms with Crippen molar-refractivity contribution in [2.45, 2.75) is 6.92 Å². The molecule has 2 aliphatic heterocycles. The summed E-state index contributed by atoms with van der Waals surface area (Å²) < 4.78 is 5.44. The van der Waals surface area contributed by atoms with Gasteiger partial charge in [-0.15, -0.1) is 0 Å². The van der Waals surface area contributed by atoms with E-state index in [9.17, 15) is 9.59 Å². The van der Waals surface area contributed by atoms with Gasteiger partial charge in [-0.2, -0.15) is 0 Å². The summed E-state index contributed by atoms with van der Waals surface area (Å²) in [5, 5.41) is 2.58. The highest BCUT2D eigenvalue weighted by Gasteiger charge is 2.25. The highest BCUT2D eigenvalue weighted by atomic mass is 32.2. The van der Waals surface area contributed by atoms with Crippen LogP contribution < -0.4 is 5.32 Å². The van der Waals surface area contributed by atoms with E-state index in [-0.39, 0.29) is 12.0 Å². The van der Waals surface area contributed by atoms with Gasteiger partial charge in [-0.05, 0) is 6.92 Å². The number of thiocarbonyl (C=S) groups is 1. The lowest BCUT2D eigenvalue weighted by molar-refractivity contribution is -0.115. The van der Waals surface area contributed by atoms with Gasteiger partial charge >= 0.3 is 6.09 Å². The first-order valence-corrected chi connectivity index (χ1v) is 7.23. The first-order valence-electron chi connectivity index (χ1n) is 6.01. The first-order chi connectivity index (χ1) is 9.10. The van der Waals surface area contributed by atoms with Crippen molar-refractivity contribution in [3.05, 3.63) is 11.1 Å². The van der Waals surface area contributed by atoms with E-state index in [1.54, 1.807) is 11.8 Å². The predicted octanol–water partition coefficient (Wildman–Crippen LogP) is 0.750. The lowest BCUT2D eigenvalue weighted by atomic mass is 10.3. The van der Waals surface area contributed by atoms with E-state index in [4.69, 9.17) is 17.0 Å². The molecule has 0 bridgehead atoms. The van der Waals surface area contributed by atoms with Crippen molar-refractivity contribution in [3.8, 4) is 0 Å². The molecule has 2 heterocycles. The fraction of sp³-hybridized carbons (Fsp3) is 0.545. The summed E-state index contributed by atoms with van der Waals surface area (Å²) in [6.07, 6.45) is 1.53. The number of amides is 2. The number of rotatable bonds is 2. The molecule has 2 aliphatic rings. The zero-order valence-electron chi connectivity index (χ0n) is 10.5. The molecule has 104 valence electrons. The molecule has 0 aromatic carbocycles. The molecule has 19 heavy (non-hydrogen) atoms. The van der Waals surface area contributed by atoms with Crippen LogP contribution in [0.2, 0.25) is 0 Å². The maximum atomic E-state index is 11.5. The number of hydrogen-bond donors (Lipinski definition) is 1. The van der Waals surface area contributed by atoms with Gasteiger partial charge in [-0.25, -0.2) is 4.79 Å². The van der Waals surface area contributed by atoms with Gasteiger partial charge in [0.05, 0.1) is 11.5 Å². The Kier molecular flexibility index (Phi) is 4.65. The number of ether oxygens (including phenoxy) is 1. The number of piperazine rings is 1. The summed E-state index contributed by atoms with van der Waals surface area (Å²) in [6, 6.07) is 0. The van der Waals surface area contributed by atoms with Crippen LogP contribution in [-0.4, -0.2) is 58.9 Å². The normalized spacial score (nSPS) is 21.8.